The van der Waals surface area contributed by atoms with Crippen LogP contribution in [-0.2, 0) is 9.59 Å². The van der Waals surface area contributed by atoms with Crippen LogP contribution >= 0.6 is 12.2 Å². The third-order valence-corrected chi connectivity index (χ3v) is 3.89. The van der Waals surface area contributed by atoms with E-state index in [0.29, 0.717) is 11.3 Å². The molecule has 2 aromatic carbocycles. The number of ether oxygens (including phenoxy) is 1. The fraction of sp³-hybridized carbons (Fsp3) is 0.0556. The van der Waals surface area contributed by atoms with Crippen LogP contribution in [0.2, 0.25) is 0 Å². The highest BCUT2D eigenvalue weighted by atomic mass is 32.1. The number of nitrogens with one attached hydrogen (secondary N) is 1. The second-order valence-electron chi connectivity index (χ2n) is 5.18. The van der Waals surface area contributed by atoms with Crippen LogP contribution < -0.4 is 15.0 Å². The highest BCUT2D eigenvalue weighted by Gasteiger charge is 2.34. The van der Waals surface area contributed by atoms with E-state index in [9.17, 15) is 14.0 Å². The molecule has 0 aliphatic carbocycles. The van der Waals surface area contributed by atoms with Gasteiger partial charge in [0.2, 0.25) is 0 Å². The van der Waals surface area contributed by atoms with E-state index in [1.165, 1.54) is 37.5 Å². The summed E-state index contributed by atoms with van der Waals surface area (Å²) in [6, 6.07) is 12.4. The van der Waals surface area contributed by atoms with Crippen LogP contribution in [0.4, 0.5) is 10.1 Å². The maximum atomic E-state index is 13.5. The second-order valence-corrected chi connectivity index (χ2v) is 5.57. The molecular formula is C18H13FN2O3S. The Bertz CT molecular complexity index is 911. The number of thiocarbonyl (C=S) groups is 1. The summed E-state index contributed by atoms with van der Waals surface area (Å²) < 4.78 is 18.7. The van der Waals surface area contributed by atoms with E-state index >= 15 is 0 Å². The van der Waals surface area contributed by atoms with E-state index in [4.69, 9.17) is 17.0 Å². The van der Waals surface area contributed by atoms with E-state index in [1.807, 2.05) is 0 Å². The number of amides is 2. The molecule has 2 amide bonds. The van der Waals surface area contributed by atoms with Gasteiger partial charge in [0, 0.05) is 5.56 Å². The van der Waals surface area contributed by atoms with E-state index in [0.717, 1.165) is 4.90 Å². The molecule has 1 heterocycles. The largest absolute Gasteiger partial charge is 0.496 e. The Labute approximate surface area is 148 Å². The average Bonchev–Trinajstić information content (AvgIpc) is 2.59. The number of para-hydroxylation sites is 1. The van der Waals surface area contributed by atoms with Gasteiger partial charge in [-0.15, -0.1) is 0 Å². The molecule has 2 aromatic rings. The number of rotatable bonds is 3. The van der Waals surface area contributed by atoms with Gasteiger partial charge in [0.1, 0.15) is 17.1 Å². The Morgan fingerprint density at radius 2 is 1.92 bits per heavy atom. The molecule has 0 bridgehead atoms. The lowest BCUT2D eigenvalue weighted by Gasteiger charge is -2.29. The van der Waals surface area contributed by atoms with Crippen molar-refractivity contribution < 1.29 is 18.7 Å². The van der Waals surface area contributed by atoms with Crippen molar-refractivity contribution in [2.45, 2.75) is 0 Å². The van der Waals surface area contributed by atoms with Crippen molar-refractivity contribution in [1.82, 2.24) is 5.32 Å². The lowest BCUT2D eigenvalue weighted by atomic mass is 10.1. The number of methoxy groups -OCH3 is 1. The first-order chi connectivity index (χ1) is 12.0. The molecule has 0 aromatic heterocycles. The van der Waals surface area contributed by atoms with Gasteiger partial charge in [-0.25, -0.2) is 4.39 Å². The van der Waals surface area contributed by atoms with E-state index < -0.39 is 17.6 Å². The minimum Gasteiger partial charge on any atom is -0.496 e. The minimum absolute atomic E-state index is 0.0993. The minimum atomic E-state index is -0.634. The molecule has 0 spiro atoms. The van der Waals surface area contributed by atoms with Gasteiger partial charge >= 0.3 is 0 Å². The molecule has 3 rings (SSSR count). The van der Waals surface area contributed by atoms with Gasteiger partial charge in [0.05, 0.1) is 12.8 Å². The summed E-state index contributed by atoms with van der Waals surface area (Å²) in [7, 11) is 1.49. The monoisotopic (exact) mass is 356 g/mol. The number of halogens is 1. The zero-order valence-electron chi connectivity index (χ0n) is 13.2. The molecule has 0 saturated carbocycles. The molecule has 0 radical (unpaired) electrons. The fourth-order valence-corrected chi connectivity index (χ4v) is 2.73. The Balaban J connectivity index is 2.05. The molecule has 0 unspecified atom stereocenters. The Hall–Kier alpha value is -3.06. The first-order valence-corrected chi connectivity index (χ1v) is 7.72. The zero-order chi connectivity index (χ0) is 18.0. The van der Waals surface area contributed by atoms with Crippen LogP contribution in [0.5, 0.6) is 5.75 Å². The smallest absolute Gasteiger partial charge is 0.270 e. The highest BCUT2D eigenvalue weighted by Crippen LogP contribution is 2.25. The molecule has 126 valence electrons. The van der Waals surface area contributed by atoms with Crippen LogP contribution in [0.15, 0.2) is 54.1 Å². The van der Waals surface area contributed by atoms with Crippen molar-refractivity contribution in [3.63, 3.8) is 0 Å². The van der Waals surface area contributed by atoms with Crippen molar-refractivity contribution in [1.29, 1.82) is 0 Å². The van der Waals surface area contributed by atoms with Crippen LogP contribution in [0.1, 0.15) is 5.56 Å². The highest BCUT2D eigenvalue weighted by molar-refractivity contribution is 7.80. The van der Waals surface area contributed by atoms with Crippen molar-refractivity contribution in [3.8, 4) is 5.75 Å². The molecule has 1 aliphatic heterocycles. The van der Waals surface area contributed by atoms with E-state index in [2.05, 4.69) is 5.32 Å². The fourth-order valence-electron chi connectivity index (χ4n) is 2.45. The second kappa shape index (κ2) is 6.82. The predicted molar refractivity (Wildman–Crippen MR) is 95.6 cm³/mol. The van der Waals surface area contributed by atoms with Gasteiger partial charge in [-0.05, 0) is 42.6 Å². The van der Waals surface area contributed by atoms with Crippen molar-refractivity contribution in [3.05, 3.63) is 65.5 Å². The lowest BCUT2D eigenvalue weighted by Crippen LogP contribution is -2.54. The van der Waals surface area contributed by atoms with Crippen molar-refractivity contribution >= 4 is 40.9 Å². The van der Waals surface area contributed by atoms with Crippen LogP contribution in [0, 0.1) is 5.82 Å². The summed E-state index contributed by atoms with van der Waals surface area (Å²) in [6.45, 7) is 0. The molecule has 7 heteroatoms. The SMILES string of the molecule is COc1ccccc1C=C1C(=O)NC(=S)N(c2cccc(F)c2)C1=O. The summed E-state index contributed by atoms with van der Waals surface area (Å²) >= 11 is 5.07. The number of nitrogens with zero attached hydrogens (tertiary/aromatic N) is 1. The van der Waals surface area contributed by atoms with E-state index in [1.54, 1.807) is 24.3 Å². The number of benzene rings is 2. The predicted octanol–water partition coefficient (Wildman–Crippen LogP) is 2.67. The van der Waals surface area contributed by atoms with Crippen molar-refractivity contribution in [2.75, 3.05) is 12.0 Å². The molecule has 25 heavy (non-hydrogen) atoms. The maximum Gasteiger partial charge on any atom is 0.270 e. The number of carbonyl (C=O) groups excluding carboxylic acids is 2. The molecule has 1 aliphatic rings. The summed E-state index contributed by atoms with van der Waals surface area (Å²) in [6.07, 6.45) is 1.42. The van der Waals surface area contributed by atoms with Gasteiger partial charge in [-0.1, -0.05) is 24.3 Å². The molecule has 0 atom stereocenters. The summed E-state index contributed by atoms with van der Waals surface area (Å²) in [5.41, 5.74) is 0.679. The number of hydrogen-bond acceptors (Lipinski definition) is 4. The van der Waals surface area contributed by atoms with Crippen LogP contribution in [0.25, 0.3) is 6.08 Å². The standard InChI is InChI=1S/C18H13FN2O3S/c1-24-15-8-3-2-5-11(15)9-14-16(22)20-18(25)21(17(14)23)13-7-4-6-12(19)10-13/h2-10H,1H3,(H,20,22,25). The summed E-state index contributed by atoms with van der Waals surface area (Å²) in [5, 5.41) is 2.35. The third-order valence-electron chi connectivity index (χ3n) is 3.61. The maximum absolute atomic E-state index is 13.5. The number of hydrogen-bond donors (Lipinski definition) is 1. The average molecular weight is 356 g/mol. The Morgan fingerprint density at radius 1 is 1.16 bits per heavy atom. The Morgan fingerprint density at radius 3 is 2.64 bits per heavy atom. The van der Waals surface area contributed by atoms with Gasteiger partial charge in [0.15, 0.2) is 5.11 Å². The first-order valence-electron chi connectivity index (χ1n) is 7.31. The van der Waals surface area contributed by atoms with Gasteiger partial charge in [-0.3, -0.25) is 19.8 Å². The lowest BCUT2D eigenvalue weighted by molar-refractivity contribution is -0.122. The van der Waals surface area contributed by atoms with E-state index in [-0.39, 0.29) is 16.4 Å². The quantitative estimate of drug-likeness (QED) is 0.522. The number of carbonyl (C=O) groups is 2. The third kappa shape index (κ3) is 3.27. The summed E-state index contributed by atoms with van der Waals surface area (Å²) in [5.74, 6) is -1.25. The molecule has 1 fully saturated rings. The van der Waals surface area contributed by atoms with Gasteiger partial charge < -0.3 is 4.74 Å². The van der Waals surface area contributed by atoms with Gasteiger partial charge in [0.25, 0.3) is 11.8 Å². The topological polar surface area (TPSA) is 58.6 Å². The molecule has 1 N–H and O–H groups in total. The zero-order valence-corrected chi connectivity index (χ0v) is 14.0. The first kappa shape index (κ1) is 16.8. The summed E-state index contributed by atoms with van der Waals surface area (Å²) in [4.78, 5) is 26.1. The normalized spacial score (nSPS) is 16.2. The van der Waals surface area contributed by atoms with Gasteiger partial charge in [-0.2, -0.15) is 0 Å². The Kier molecular flexibility index (Phi) is 4.58. The molecule has 5 nitrogen and oxygen atoms in total. The molecule has 1 saturated heterocycles. The number of anilines is 1. The van der Waals surface area contributed by atoms with Crippen LogP contribution in [-0.4, -0.2) is 24.0 Å². The van der Waals surface area contributed by atoms with Crippen LogP contribution in [0.3, 0.4) is 0 Å². The van der Waals surface area contributed by atoms with Crippen molar-refractivity contribution in [2.24, 2.45) is 0 Å². The molecular weight excluding hydrogens is 343 g/mol.